The van der Waals surface area contributed by atoms with E-state index in [2.05, 4.69) is 12.1 Å². The standard InChI is InChI=1S/C15H23NO2.ClH/c1-18-12-8-6-11(7-9-12)14(10-16)13-4-2-3-5-15(13)17;/h6-9,13-15,17H,2-5,10,16H2,1H3;1H/t13?,14-,15-;/m0./s1. The third kappa shape index (κ3) is 3.85. The Balaban J connectivity index is 0.00000180. The van der Waals surface area contributed by atoms with Crippen LogP contribution in [0.2, 0.25) is 0 Å². The van der Waals surface area contributed by atoms with Gasteiger partial charge in [0.1, 0.15) is 5.75 Å². The minimum Gasteiger partial charge on any atom is -0.497 e. The summed E-state index contributed by atoms with van der Waals surface area (Å²) in [6.45, 7) is 0.591. The van der Waals surface area contributed by atoms with E-state index in [1.807, 2.05) is 12.1 Å². The quantitative estimate of drug-likeness (QED) is 0.894. The van der Waals surface area contributed by atoms with Gasteiger partial charge in [-0.15, -0.1) is 12.4 Å². The Kier molecular flexibility index (Phi) is 6.63. The third-order valence-electron chi connectivity index (χ3n) is 4.10. The van der Waals surface area contributed by atoms with Crippen molar-refractivity contribution in [1.82, 2.24) is 0 Å². The molecule has 0 bridgehead atoms. The minimum atomic E-state index is -0.200. The van der Waals surface area contributed by atoms with Crippen molar-refractivity contribution in [3.8, 4) is 5.75 Å². The van der Waals surface area contributed by atoms with E-state index in [0.29, 0.717) is 12.5 Å². The second kappa shape index (κ2) is 7.73. The first-order chi connectivity index (χ1) is 8.76. The number of rotatable bonds is 4. The molecule has 3 nitrogen and oxygen atoms in total. The van der Waals surface area contributed by atoms with E-state index >= 15 is 0 Å². The van der Waals surface area contributed by atoms with Crippen molar-refractivity contribution in [3.05, 3.63) is 29.8 Å². The number of hydrogen-bond acceptors (Lipinski definition) is 3. The van der Waals surface area contributed by atoms with Crippen LogP contribution in [0.25, 0.3) is 0 Å². The molecule has 2 rings (SSSR count). The van der Waals surface area contributed by atoms with Crippen LogP contribution in [0.15, 0.2) is 24.3 Å². The number of aliphatic hydroxyl groups excluding tert-OH is 1. The molecule has 1 unspecified atom stereocenters. The fourth-order valence-electron chi connectivity index (χ4n) is 3.02. The van der Waals surface area contributed by atoms with Gasteiger partial charge in [0.15, 0.2) is 0 Å². The predicted molar refractivity (Wildman–Crippen MR) is 80.0 cm³/mol. The van der Waals surface area contributed by atoms with Crippen LogP contribution in [0.5, 0.6) is 5.75 Å². The van der Waals surface area contributed by atoms with Crippen molar-refractivity contribution in [2.45, 2.75) is 37.7 Å². The van der Waals surface area contributed by atoms with Crippen LogP contribution in [0, 0.1) is 5.92 Å². The Morgan fingerprint density at radius 1 is 1.26 bits per heavy atom. The van der Waals surface area contributed by atoms with Gasteiger partial charge in [-0.3, -0.25) is 0 Å². The average Bonchev–Trinajstić information content (AvgIpc) is 2.42. The van der Waals surface area contributed by atoms with E-state index in [4.69, 9.17) is 10.5 Å². The number of aliphatic hydroxyl groups is 1. The molecule has 1 aliphatic rings. The summed E-state index contributed by atoms with van der Waals surface area (Å²) in [6, 6.07) is 8.07. The van der Waals surface area contributed by atoms with Gasteiger partial charge in [0.05, 0.1) is 13.2 Å². The molecule has 0 amide bonds. The lowest BCUT2D eigenvalue weighted by Gasteiger charge is -2.34. The predicted octanol–water partition coefficient (Wildman–Crippen LogP) is 2.71. The number of nitrogens with two attached hydrogens (primary N) is 1. The van der Waals surface area contributed by atoms with Crippen LogP contribution in [-0.2, 0) is 0 Å². The molecule has 0 spiro atoms. The van der Waals surface area contributed by atoms with Gasteiger partial charge in [0.25, 0.3) is 0 Å². The van der Waals surface area contributed by atoms with Crippen LogP contribution in [0.4, 0.5) is 0 Å². The maximum Gasteiger partial charge on any atom is 0.118 e. The monoisotopic (exact) mass is 285 g/mol. The highest BCUT2D eigenvalue weighted by molar-refractivity contribution is 5.85. The van der Waals surface area contributed by atoms with Gasteiger partial charge in [-0.25, -0.2) is 0 Å². The SMILES string of the molecule is COc1ccc([C@H](CN)C2CCCC[C@@H]2O)cc1.Cl. The van der Waals surface area contributed by atoms with Gasteiger partial charge in [-0.05, 0) is 43.0 Å². The van der Waals surface area contributed by atoms with Crippen molar-refractivity contribution in [2.75, 3.05) is 13.7 Å². The zero-order valence-corrected chi connectivity index (χ0v) is 12.2. The largest absolute Gasteiger partial charge is 0.497 e. The highest BCUT2D eigenvalue weighted by atomic mass is 35.5. The van der Waals surface area contributed by atoms with Crippen LogP contribution < -0.4 is 10.5 Å². The Labute approximate surface area is 121 Å². The van der Waals surface area contributed by atoms with Crippen LogP contribution in [-0.4, -0.2) is 24.9 Å². The molecule has 3 atom stereocenters. The van der Waals surface area contributed by atoms with Crippen LogP contribution in [0.1, 0.15) is 37.2 Å². The summed E-state index contributed by atoms with van der Waals surface area (Å²) in [4.78, 5) is 0. The molecule has 3 N–H and O–H groups in total. The Morgan fingerprint density at radius 3 is 2.42 bits per heavy atom. The molecular weight excluding hydrogens is 262 g/mol. The van der Waals surface area contributed by atoms with E-state index in [9.17, 15) is 5.11 Å². The summed E-state index contributed by atoms with van der Waals surface area (Å²) in [5.74, 6) is 1.42. The van der Waals surface area contributed by atoms with Crippen molar-refractivity contribution < 1.29 is 9.84 Å². The minimum absolute atomic E-state index is 0. The highest BCUT2D eigenvalue weighted by Crippen LogP contribution is 2.36. The smallest absolute Gasteiger partial charge is 0.118 e. The van der Waals surface area contributed by atoms with Gasteiger partial charge in [0, 0.05) is 5.92 Å². The molecule has 0 aromatic heterocycles. The van der Waals surface area contributed by atoms with E-state index in [0.717, 1.165) is 25.0 Å². The summed E-state index contributed by atoms with van der Waals surface area (Å²) in [7, 11) is 1.67. The normalized spacial score (nSPS) is 24.4. The highest BCUT2D eigenvalue weighted by Gasteiger charge is 2.30. The van der Waals surface area contributed by atoms with Gasteiger partial charge in [-0.1, -0.05) is 25.0 Å². The maximum atomic E-state index is 10.2. The van der Waals surface area contributed by atoms with Crippen molar-refractivity contribution in [1.29, 1.82) is 0 Å². The Hall–Kier alpha value is -0.770. The molecule has 0 saturated heterocycles. The molecule has 19 heavy (non-hydrogen) atoms. The zero-order chi connectivity index (χ0) is 13.0. The lowest BCUT2D eigenvalue weighted by molar-refractivity contribution is 0.0561. The summed E-state index contributed by atoms with van der Waals surface area (Å²) in [5.41, 5.74) is 7.14. The molecule has 0 heterocycles. The number of methoxy groups -OCH3 is 1. The summed E-state index contributed by atoms with van der Waals surface area (Å²) in [5, 5.41) is 10.2. The van der Waals surface area contributed by atoms with Gasteiger partial charge in [0.2, 0.25) is 0 Å². The third-order valence-corrected chi connectivity index (χ3v) is 4.10. The molecule has 1 fully saturated rings. The van der Waals surface area contributed by atoms with Crippen molar-refractivity contribution >= 4 is 12.4 Å². The van der Waals surface area contributed by atoms with E-state index in [-0.39, 0.29) is 24.4 Å². The number of ether oxygens (including phenoxy) is 1. The lowest BCUT2D eigenvalue weighted by atomic mass is 9.75. The fourth-order valence-corrected chi connectivity index (χ4v) is 3.02. The van der Waals surface area contributed by atoms with Crippen molar-refractivity contribution in [3.63, 3.8) is 0 Å². The first kappa shape index (κ1) is 16.3. The van der Waals surface area contributed by atoms with Gasteiger partial charge in [-0.2, -0.15) is 0 Å². The second-order valence-corrected chi connectivity index (χ2v) is 5.13. The summed E-state index contributed by atoms with van der Waals surface area (Å²) in [6.07, 6.45) is 4.13. The van der Waals surface area contributed by atoms with E-state index in [1.165, 1.54) is 12.0 Å². The molecule has 4 heteroatoms. The summed E-state index contributed by atoms with van der Waals surface area (Å²) >= 11 is 0. The molecule has 1 aromatic carbocycles. The van der Waals surface area contributed by atoms with Crippen molar-refractivity contribution in [2.24, 2.45) is 11.7 Å². The van der Waals surface area contributed by atoms with Crippen LogP contribution >= 0.6 is 12.4 Å². The maximum absolute atomic E-state index is 10.2. The molecular formula is C15H24ClNO2. The van der Waals surface area contributed by atoms with Crippen LogP contribution in [0.3, 0.4) is 0 Å². The molecule has 0 radical (unpaired) electrons. The Bertz CT molecular complexity index is 369. The number of halogens is 1. The topological polar surface area (TPSA) is 55.5 Å². The van der Waals surface area contributed by atoms with E-state index in [1.54, 1.807) is 7.11 Å². The van der Waals surface area contributed by atoms with E-state index < -0.39 is 0 Å². The Morgan fingerprint density at radius 2 is 1.89 bits per heavy atom. The lowest BCUT2D eigenvalue weighted by Crippen LogP contribution is -2.33. The fraction of sp³-hybridized carbons (Fsp3) is 0.600. The molecule has 1 aliphatic carbocycles. The molecule has 1 aromatic rings. The summed E-state index contributed by atoms with van der Waals surface area (Å²) < 4.78 is 5.17. The first-order valence-corrected chi connectivity index (χ1v) is 6.78. The zero-order valence-electron chi connectivity index (χ0n) is 11.4. The molecule has 0 aliphatic heterocycles. The second-order valence-electron chi connectivity index (χ2n) is 5.13. The van der Waals surface area contributed by atoms with Gasteiger partial charge >= 0.3 is 0 Å². The average molecular weight is 286 g/mol. The van der Waals surface area contributed by atoms with Gasteiger partial charge < -0.3 is 15.6 Å². The first-order valence-electron chi connectivity index (χ1n) is 6.78. The molecule has 108 valence electrons. The molecule has 1 saturated carbocycles. The number of benzene rings is 1. The number of hydrogen-bond donors (Lipinski definition) is 2.